The number of nitrogens with zero attached hydrogens (tertiary/aromatic N) is 2. The van der Waals surface area contributed by atoms with E-state index in [-0.39, 0.29) is 6.03 Å². The molecule has 0 heterocycles. The van der Waals surface area contributed by atoms with E-state index in [2.05, 4.69) is 0 Å². The summed E-state index contributed by atoms with van der Waals surface area (Å²) in [6.07, 6.45) is 0.900. The maximum atomic E-state index is 10.9. The minimum atomic E-state index is 0.0880. The maximum Gasteiger partial charge on any atom is 0.318 e. The highest BCUT2D eigenvalue weighted by atomic mass is 28.1. The highest BCUT2D eigenvalue weighted by Crippen LogP contribution is 1.86. The lowest BCUT2D eigenvalue weighted by atomic mass is 10.7. The fraction of sp³-hybridized carbons (Fsp3) is 0.800. The summed E-state index contributed by atoms with van der Waals surface area (Å²) in [5, 5.41) is 0. The number of hydrogen-bond donors (Lipinski definition) is 0. The van der Waals surface area contributed by atoms with Gasteiger partial charge in [-0.3, -0.25) is 0 Å². The average Bonchev–Trinajstić information content (AvgIpc) is 1.84. The second-order valence-corrected chi connectivity index (χ2v) is 2.82. The van der Waals surface area contributed by atoms with Crippen LogP contribution in [-0.2, 0) is 0 Å². The number of rotatable bonds is 1. The van der Waals surface area contributed by atoms with E-state index >= 15 is 0 Å². The van der Waals surface area contributed by atoms with Gasteiger partial charge in [-0.2, -0.15) is 0 Å². The van der Waals surface area contributed by atoms with Crippen molar-refractivity contribution in [3.8, 4) is 0 Å². The van der Waals surface area contributed by atoms with Gasteiger partial charge in [-0.25, -0.2) is 4.79 Å². The number of urea groups is 1. The largest absolute Gasteiger partial charge is 0.332 e. The van der Waals surface area contributed by atoms with Gasteiger partial charge in [0.2, 0.25) is 0 Å². The van der Waals surface area contributed by atoms with Crippen molar-refractivity contribution in [2.24, 2.45) is 0 Å². The number of carbonyl (C=O) groups excluding carboxylic acids is 1. The predicted molar refractivity (Wildman–Crippen MR) is 41.7 cm³/mol. The van der Waals surface area contributed by atoms with E-state index in [1.165, 1.54) is 0 Å². The molecule has 0 radical (unpaired) electrons. The molecule has 0 N–H and O–H groups in total. The normalized spacial score (nSPS) is 9.22. The van der Waals surface area contributed by atoms with Gasteiger partial charge in [-0.05, 0) is 0 Å². The first-order valence-corrected chi connectivity index (χ1v) is 4.43. The minimum absolute atomic E-state index is 0.0880. The van der Waals surface area contributed by atoms with Crippen LogP contribution >= 0.6 is 0 Å². The van der Waals surface area contributed by atoms with Gasteiger partial charge in [0.25, 0.3) is 0 Å². The van der Waals surface area contributed by atoms with Crippen LogP contribution in [0.25, 0.3) is 0 Å². The van der Waals surface area contributed by atoms with Gasteiger partial charge in [0.05, 0.1) is 0 Å². The van der Waals surface area contributed by atoms with Crippen molar-refractivity contribution >= 4 is 16.3 Å². The first-order valence-electron chi connectivity index (χ1n) is 3.02. The zero-order valence-electron chi connectivity index (χ0n) is 6.51. The molecule has 0 aromatic rings. The number of amides is 2. The molecule has 0 fully saturated rings. The molecule has 9 heavy (non-hydrogen) atoms. The molecule has 3 nitrogen and oxygen atoms in total. The molecule has 0 aliphatic heterocycles. The van der Waals surface area contributed by atoms with Crippen LogP contribution in [0.1, 0.15) is 0 Å². The van der Waals surface area contributed by atoms with E-state index in [1.54, 1.807) is 23.9 Å². The van der Waals surface area contributed by atoms with Crippen LogP contribution in [0.2, 0.25) is 0 Å². The quantitative estimate of drug-likeness (QED) is 0.432. The smallest absolute Gasteiger partial charge is 0.318 e. The van der Waals surface area contributed by atoms with Crippen molar-refractivity contribution in [2.45, 2.75) is 0 Å². The monoisotopic (exact) mass is 146 g/mol. The van der Waals surface area contributed by atoms with E-state index in [4.69, 9.17) is 0 Å². The Labute approximate surface area is 59.1 Å². The molecule has 54 valence electrons. The summed E-state index contributed by atoms with van der Waals surface area (Å²) >= 11 is 0. The summed E-state index contributed by atoms with van der Waals surface area (Å²) in [5.74, 6) is 0. The molecule has 0 aliphatic rings. The fourth-order valence-corrected chi connectivity index (χ4v) is 0.747. The van der Waals surface area contributed by atoms with E-state index < -0.39 is 0 Å². The van der Waals surface area contributed by atoms with Crippen LogP contribution in [0, 0.1) is 0 Å². The van der Waals surface area contributed by atoms with Gasteiger partial charge in [0.15, 0.2) is 0 Å². The van der Waals surface area contributed by atoms with Gasteiger partial charge >= 0.3 is 6.03 Å². The van der Waals surface area contributed by atoms with Crippen molar-refractivity contribution < 1.29 is 4.79 Å². The lowest BCUT2D eigenvalue weighted by molar-refractivity contribution is 0.188. The van der Waals surface area contributed by atoms with E-state index in [0.29, 0.717) is 0 Å². The second-order valence-electron chi connectivity index (χ2n) is 2.19. The predicted octanol–water partition coefficient (Wildman–Crippen LogP) is -1.08. The molecule has 2 amide bonds. The van der Waals surface area contributed by atoms with Crippen LogP contribution in [-0.4, -0.2) is 53.4 Å². The second kappa shape index (κ2) is 3.50. The Kier molecular flexibility index (Phi) is 3.30. The van der Waals surface area contributed by atoms with Crippen molar-refractivity contribution in [1.29, 1.82) is 0 Å². The standard InChI is InChI=1S/C5H14N2OSi/c1-6(2)5(8)7(3)4-9/h4H2,1-3,9H3. The Morgan fingerprint density at radius 3 is 2.00 bits per heavy atom. The topological polar surface area (TPSA) is 23.6 Å². The molecule has 0 unspecified atom stereocenters. The molecule has 0 aromatic carbocycles. The van der Waals surface area contributed by atoms with Crippen LogP contribution in [0.4, 0.5) is 4.79 Å². The van der Waals surface area contributed by atoms with Crippen LogP contribution in [0.5, 0.6) is 0 Å². The molecular formula is C5H14N2OSi. The summed E-state index contributed by atoms with van der Waals surface area (Å²) in [6.45, 7) is 0. The van der Waals surface area contributed by atoms with E-state index in [1.807, 2.05) is 7.05 Å². The number of hydrogen-bond acceptors (Lipinski definition) is 1. The third-order valence-electron chi connectivity index (χ3n) is 1.18. The summed E-state index contributed by atoms with van der Waals surface area (Å²) in [6, 6.07) is 0.0880. The fourth-order valence-electron chi connectivity index (χ4n) is 0.477. The molecule has 0 aliphatic carbocycles. The Morgan fingerprint density at radius 2 is 1.89 bits per heavy atom. The van der Waals surface area contributed by atoms with Crippen molar-refractivity contribution in [1.82, 2.24) is 9.80 Å². The summed E-state index contributed by atoms with van der Waals surface area (Å²) < 4.78 is 0. The first-order chi connectivity index (χ1) is 4.09. The molecule has 0 rings (SSSR count). The molecule has 0 saturated carbocycles. The highest BCUT2D eigenvalue weighted by molar-refractivity contribution is 6.09. The molecule has 0 saturated heterocycles. The Hall–Kier alpha value is -0.513. The summed E-state index contributed by atoms with van der Waals surface area (Å²) in [7, 11) is 6.38. The Morgan fingerprint density at radius 1 is 1.44 bits per heavy atom. The van der Waals surface area contributed by atoms with E-state index in [9.17, 15) is 4.79 Å². The van der Waals surface area contributed by atoms with Gasteiger partial charge < -0.3 is 9.80 Å². The molecule has 0 spiro atoms. The number of carbonyl (C=O) groups is 1. The van der Waals surface area contributed by atoms with E-state index in [0.717, 1.165) is 16.4 Å². The molecule has 0 atom stereocenters. The third kappa shape index (κ3) is 2.50. The van der Waals surface area contributed by atoms with Gasteiger partial charge in [-0.1, -0.05) is 0 Å². The third-order valence-corrected chi connectivity index (χ3v) is 2.13. The van der Waals surface area contributed by atoms with Gasteiger partial charge in [0, 0.05) is 37.6 Å². The molecule has 0 bridgehead atoms. The summed E-state index contributed by atoms with van der Waals surface area (Å²) in [4.78, 5) is 14.2. The highest BCUT2D eigenvalue weighted by Gasteiger charge is 2.06. The Balaban J connectivity index is 3.73. The lowest BCUT2D eigenvalue weighted by Crippen LogP contribution is -2.36. The van der Waals surface area contributed by atoms with Gasteiger partial charge in [-0.15, -0.1) is 0 Å². The van der Waals surface area contributed by atoms with Crippen molar-refractivity contribution in [2.75, 3.05) is 27.3 Å². The molecular weight excluding hydrogens is 132 g/mol. The van der Waals surface area contributed by atoms with Crippen molar-refractivity contribution in [3.05, 3.63) is 0 Å². The minimum Gasteiger partial charge on any atom is -0.332 e. The van der Waals surface area contributed by atoms with Crippen LogP contribution in [0.15, 0.2) is 0 Å². The maximum absolute atomic E-state index is 10.9. The SMILES string of the molecule is CN(C)C(=O)N(C)C[SiH3]. The van der Waals surface area contributed by atoms with Crippen LogP contribution in [0.3, 0.4) is 0 Å². The zero-order chi connectivity index (χ0) is 7.44. The lowest BCUT2D eigenvalue weighted by Gasteiger charge is -2.19. The van der Waals surface area contributed by atoms with Gasteiger partial charge in [0.1, 0.15) is 0 Å². The molecule has 4 heteroatoms. The Bertz CT molecular complexity index is 105. The first kappa shape index (κ1) is 8.49. The average molecular weight is 146 g/mol. The van der Waals surface area contributed by atoms with Crippen LogP contribution < -0.4 is 0 Å². The molecule has 0 aromatic heterocycles. The zero-order valence-corrected chi connectivity index (χ0v) is 8.51. The summed E-state index contributed by atoms with van der Waals surface area (Å²) in [5.41, 5.74) is 0. The van der Waals surface area contributed by atoms with Crippen molar-refractivity contribution in [3.63, 3.8) is 0 Å².